The number of aromatic nitrogens is 5. The van der Waals surface area contributed by atoms with E-state index in [0.29, 0.717) is 48.2 Å². The molecular formula is C35H41ClFN7O3Si. The van der Waals surface area contributed by atoms with Crippen molar-refractivity contribution in [3.05, 3.63) is 71.6 Å². The molecule has 0 unspecified atom stereocenters. The number of aryl methyl sites for hydroxylation is 1. The van der Waals surface area contributed by atoms with Crippen molar-refractivity contribution in [3.8, 4) is 11.1 Å². The van der Waals surface area contributed by atoms with Crippen LogP contribution in [0.25, 0.3) is 33.2 Å². The summed E-state index contributed by atoms with van der Waals surface area (Å²) in [4.78, 5) is 24.7. The Kier molecular flexibility index (Phi) is 8.90. The van der Waals surface area contributed by atoms with Gasteiger partial charge in [-0.15, -0.1) is 0 Å². The van der Waals surface area contributed by atoms with Gasteiger partial charge in [-0.3, -0.25) is 4.68 Å². The number of alkyl carbamates (subject to hydrolysis) is 1. The van der Waals surface area contributed by atoms with Crippen molar-refractivity contribution in [2.24, 2.45) is 7.05 Å². The molecule has 48 heavy (non-hydrogen) atoms. The summed E-state index contributed by atoms with van der Waals surface area (Å²) in [6.07, 6.45) is 5.66. The zero-order valence-corrected chi connectivity index (χ0v) is 29.5. The molecule has 2 saturated heterocycles. The van der Waals surface area contributed by atoms with E-state index in [4.69, 9.17) is 31.0 Å². The molecule has 1 amide bonds. The number of ether oxygens (including phenoxy) is 2. The molecule has 5 aromatic rings. The summed E-state index contributed by atoms with van der Waals surface area (Å²) >= 11 is 6.97. The molecule has 0 aliphatic carbocycles. The van der Waals surface area contributed by atoms with Crippen LogP contribution in [0.1, 0.15) is 24.8 Å². The summed E-state index contributed by atoms with van der Waals surface area (Å²) in [7, 11) is 0.598. The SMILES string of the molecule is Cn1cc2c(Cl)c(-c3cn(COCC[Si](C)(C)C)c4nc(N5[C@@H]6CC[C@H]5[C@H](F)[C@H](NC(=O)OCc5ccccc5)C6)cnc34)ccc2n1. The van der Waals surface area contributed by atoms with Gasteiger partial charge >= 0.3 is 6.09 Å². The van der Waals surface area contributed by atoms with Gasteiger partial charge in [0, 0.05) is 56.7 Å². The van der Waals surface area contributed by atoms with Gasteiger partial charge in [-0.1, -0.05) is 67.6 Å². The van der Waals surface area contributed by atoms with Crippen LogP contribution in [0.5, 0.6) is 0 Å². The number of piperidine rings is 1. The Morgan fingerprint density at radius 1 is 1.10 bits per heavy atom. The average Bonchev–Trinajstić information content (AvgIpc) is 3.73. The van der Waals surface area contributed by atoms with Crippen LogP contribution in [-0.4, -0.2) is 69.4 Å². The van der Waals surface area contributed by atoms with Gasteiger partial charge in [-0.2, -0.15) is 5.10 Å². The summed E-state index contributed by atoms with van der Waals surface area (Å²) in [5.41, 5.74) is 4.72. The lowest BCUT2D eigenvalue weighted by atomic mass is 9.95. The zero-order valence-electron chi connectivity index (χ0n) is 27.7. The first-order valence-corrected chi connectivity index (χ1v) is 20.6. The van der Waals surface area contributed by atoms with Gasteiger partial charge in [0.05, 0.1) is 28.8 Å². The van der Waals surface area contributed by atoms with Crippen molar-refractivity contribution in [3.63, 3.8) is 0 Å². The molecule has 7 rings (SSSR count). The number of alkyl halides is 1. The number of rotatable bonds is 10. The standard InChI is InChI=1S/C35H41ClFN7O3Si/c1-42-18-26-27(41-42)12-11-24(31(26)36)25-19-43(21-46-14-15-48(2,3)4)34-33(25)38-17-30(40-34)44-23-10-13-29(44)32(37)28(16-23)39-35(45)47-20-22-8-6-5-7-9-22/h5-9,11-12,17-19,23,28-29,32H,10,13-16,20-21H2,1-4H3,(H,39,45)/t23-,28-,29+,32-/m1/s1. The fourth-order valence-electron chi connectivity index (χ4n) is 6.95. The molecule has 5 heterocycles. The number of amides is 1. The minimum Gasteiger partial charge on any atom is -0.445 e. The Labute approximate surface area is 285 Å². The molecule has 2 fully saturated rings. The minimum atomic E-state index is -1.29. The molecule has 0 radical (unpaired) electrons. The first-order chi connectivity index (χ1) is 23.1. The number of carbonyl (C=O) groups is 1. The number of halogens is 2. The normalized spacial score (nSPS) is 20.9. The first-order valence-electron chi connectivity index (χ1n) is 16.5. The number of hydrogen-bond donors (Lipinski definition) is 1. The number of anilines is 1. The van der Waals surface area contributed by atoms with Crippen molar-refractivity contribution >= 4 is 53.7 Å². The van der Waals surface area contributed by atoms with Crippen LogP contribution in [0.3, 0.4) is 0 Å². The Hall–Kier alpha value is -4.00. The molecule has 0 spiro atoms. The molecule has 1 N–H and O–H groups in total. The van der Waals surface area contributed by atoms with E-state index in [0.717, 1.165) is 40.1 Å². The van der Waals surface area contributed by atoms with Crippen LogP contribution < -0.4 is 10.2 Å². The monoisotopic (exact) mass is 689 g/mol. The Morgan fingerprint density at radius 2 is 1.92 bits per heavy atom. The predicted molar refractivity (Wildman–Crippen MR) is 189 cm³/mol. The van der Waals surface area contributed by atoms with Crippen molar-refractivity contribution in [1.82, 2.24) is 29.6 Å². The van der Waals surface area contributed by atoms with Crippen LogP contribution in [0, 0.1) is 0 Å². The topological polar surface area (TPSA) is 99.3 Å². The second kappa shape index (κ2) is 13.1. The third kappa shape index (κ3) is 6.53. The van der Waals surface area contributed by atoms with Crippen LogP contribution in [-0.2, 0) is 29.9 Å². The number of fused-ring (bicyclic) bond motifs is 4. The van der Waals surface area contributed by atoms with E-state index in [-0.39, 0.29) is 12.6 Å². The van der Waals surface area contributed by atoms with Crippen LogP contribution in [0.2, 0.25) is 30.7 Å². The Morgan fingerprint density at radius 3 is 2.71 bits per heavy atom. The summed E-state index contributed by atoms with van der Waals surface area (Å²) < 4.78 is 31.4. The van der Waals surface area contributed by atoms with Gasteiger partial charge in [-0.05, 0) is 36.9 Å². The largest absolute Gasteiger partial charge is 0.445 e. The maximum Gasteiger partial charge on any atom is 0.407 e. The molecule has 3 aromatic heterocycles. The fraction of sp³-hybridized carbons (Fsp3) is 0.429. The predicted octanol–water partition coefficient (Wildman–Crippen LogP) is 7.32. The van der Waals surface area contributed by atoms with E-state index in [1.54, 1.807) is 10.9 Å². The second-order valence-electron chi connectivity index (χ2n) is 14.1. The smallest absolute Gasteiger partial charge is 0.407 e. The summed E-state index contributed by atoms with van der Waals surface area (Å²) in [6, 6.07) is 13.3. The molecule has 2 bridgehead atoms. The molecule has 10 nitrogen and oxygen atoms in total. The third-order valence-electron chi connectivity index (χ3n) is 9.41. The molecule has 0 saturated carbocycles. The number of nitrogens with zero attached hydrogens (tertiary/aromatic N) is 6. The van der Waals surface area contributed by atoms with Crippen LogP contribution in [0.4, 0.5) is 15.0 Å². The lowest BCUT2D eigenvalue weighted by molar-refractivity contribution is 0.0899. The highest BCUT2D eigenvalue weighted by Gasteiger charge is 2.49. The third-order valence-corrected chi connectivity index (χ3v) is 11.5. The van der Waals surface area contributed by atoms with E-state index in [1.165, 1.54) is 0 Å². The lowest BCUT2D eigenvalue weighted by Crippen LogP contribution is -2.58. The molecule has 2 aliphatic heterocycles. The fourth-order valence-corrected chi connectivity index (χ4v) is 8.01. The number of hydrogen-bond acceptors (Lipinski definition) is 7. The second-order valence-corrected chi connectivity index (χ2v) is 20.1. The highest BCUT2D eigenvalue weighted by Crippen LogP contribution is 2.42. The molecule has 4 atom stereocenters. The van der Waals surface area contributed by atoms with Crippen molar-refractivity contribution in [1.29, 1.82) is 0 Å². The number of nitrogens with one attached hydrogen (secondary N) is 1. The Bertz CT molecular complexity index is 1950. The lowest BCUT2D eigenvalue weighted by Gasteiger charge is -2.41. The van der Waals surface area contributed by atoms with Gasteiger partial charge in [0.25, 0.3) is 0 Å². The van der Waals surface area contributed by atoms with Crippen molar-refractivity contribution in [2.45, 2.75) is 82.6 Å². The van der Waals surface area contributed by atoms with Gasteiger partial charge in [0.1, 0.15) is 30.8 Å². The van der Waals surface area contributed by atoms with Crippen LogP contribution in [0.15, 0.2) is 61.1 Å². The van der Waals surface area contributed by atoms with E-state index in [9.17, 15) is 4.79 Å². The average molecular weight is 690 g/mol. The highest BCUT2D eigenvalue weighted by atomic mass is 35.5. The van der Waals surface area contributed by atoms with Gasteiger partial charge in [0.2, 0.25) is 0 Å². The molecular weight excluding hydrogens is 649 g/mol. The quantitative estimate of drug-likeness (QED) is 0.121. The van der Waals surface area contributed by atoms with Gasteiger partial charge in [0.15, 0.2) is 5.65 Å². The molecule has 2 aliphatic rings. The molecule has 2 aromatic carbocycles. The maximum atomic E-state index is 16.1. The van der Waals surface area contributed by atoms with E-state index in [1.807, 2.05) is 66.5 Å². The number of carbonyl (C=O) groups excluding carboxylic acids is 1. The zero-order chi connectivity index (χ0) is 33.6. The van der Waals surface area contributed by atoms with Gasteiger partial charge in [-0.25, -0.2) is 19.2 Å². The molecule has 13 heteroatoms. The summed E-state index contributed by atoms with van der Waals surface area (Å²) in [5, 5.41) is 8.75. The van der Waals surface area contributed by atoms with Crippen molar-refractivity contribution < 1.29 is 18.7 Å². The maximum absolute atomic E-state index is 16.1. The van der Waals surface area contributed by atoms with E-state index in [2.05, 4.69) is 35.0 Å². The highest BCUT2D eigenvalue weighted by molar-refractivity contribution is 6.76. The summed E-state index contributed by atoms with van der Waals surface area (Å²) in [6.45, 7) is 8.07. The molecule has 252 valence electrons. The minimum absolute atomic E-state index is 0.00600. The van der Waals surface area contributed by atoms with Gasteiger partial charge < -0.3 is 24.3 Å². The number of benzene rings is 2. The summed E-state index contributed by atoms with van der Waals surface area (Å²) in [5.74, 6) is 0.615. The Balaban J connectivity index is 1.15. The van der Waals surface area contributed by atoms with Crippen molar-refractivity contribution in [2.75, 3.05) is 11.5 Å². The van der Waals surface area contributed by atoms with E-state index < -0.39 is 32.4 Å². The van der Waals surface area contributed by atoms with Crippen LogP contribution >= 0.6 is 11.6 Å². The first kappa shape index (κ1) is 32.5. The van der Waals surface area contributed by atoms with E-state index >= 15 is 4.39 Å².